The van der Waals surface area contributed by atoms with Crippen molar-refractivity contribution in [3.05, 3.63) is 119 Å². The maximum atomic E-state index is 10.9. The third kappa shape index (κ3) is 11.1. The lowest BCUT2D eigenvalue weighted by atomic mass is 9.66. The third-order valence-corrected chi connectivity index (χ3v) is 9.40. The zero-order valence-electron chi connectivity index (χ0n) is 28.5. The molecule has 2 rings (SSSR count). The van der Waals surface area contributed by atoms with Crippen LogP contribution in [0.4, 0.5) is 0 Å². The fraction of sp³-hybridized carbons (Fsp3) is 0.500. The van der Waals surface area contributed by atoms with Gasteiger partial charge in [0.05, 0.1) is 18.3 Å². The van der Waals surface area contributed by atoms with Gasteiger partial charge in [0.2, 0.25) is 0 Å². The van der Waals surface area contributed by atoms with Crippen molar-refractivity contribution in [3.8, 4) is 0 Å². The average Bonchev–Trinajstić information content (AvgIpc) is 3.10. The molecule has 0 aromatic rings. The van der Waals surface area contributed by atoms with Crippen LogP contribution in [0, 0.1) is 16.2 Å². The van der Waals surface area contributed by atoms with Crippen molar-refractivity contribution in [1.82, 2.24) is 0 Å². The number of aliphatic hydroxyl groups excluding tert-OH is 3. The molecule has 4 atom stereocenters. The molecule has 1 saturated carbocycles. The molecule has 0 bridgehead atoms. The second kappa shape index (κ2) is 15.8. The minimum atomic E-state index is -0.598. The summed E-state index contributed by atoms with van der Waals surface area (Å²) < 4.78 is 0. The second-order valence-electron chi connectivity index (χ2n) is 14.4. The molecular weight excluding hydrogens is 528 g/mol. The predicted molar refractivity (Wildman–Crippen MR) is 186 cm³/mol. The molecule has 2 aliphatic carbocycles. The molecule has 0 aromatic carbocycles. The predicted octanol–water partition coefficient (Wildman–Crippen LogP) is 9.60. The van der Waals surface area contributed by atoms with Gasteiger partial charge < -0.3 is 15.3 Å². The summed E-state index contributed by atoms with van der Waals surface area (Å²) in [6, 6.07) is 0. The quantitative estimate of drug-likeness (QED) is 0.211. The molecule has 236 valence electrons. The summed E-state index contributed by atoms with van der Waals surface area (Å²) in [7, 11) is 0. The molecule has 0 heterocycles. The van der Waals surface area contributed by atoms with Gasteiger partial charge in [-0.05, 0) is 76.7 Å². The summed E-state index contributed by atoms with van der Waals surface area (Å²) in [5.74, 6) is 0. The molecule has 3 heteroatoms. The van der Waals surface area contributed by atoms with Gasteiger partial charge in [-0.15, -0.1) is 0 Å². The number of rotatable bonds is 11. The Bertz CT molecular complexity index is 1270. The molecular formula is C40H58O3. The fourth-order valence-corrected chi connectivity index (χ4v) is 6.37. The summed E-state index contributed by atoms with van der Waals surface area (Å²) in [6.45, 7) is 21.2. The van der Waals surface area contributed by atoms with Crippen LogP contribution in [0.15, 0.2) is 119 Å². The molecule has 4 unspecified atom stereocenters. The zero-order valence-corrected chi connectivity index (χ0v) is 28.5. The molecule has 0 radical (unpaired) electrons. The molecule has 43 heavy (non-hydrogen) atoms. The highest BCUT2D eigenvalue weighted by Gasteiger charge is 2.52. The van der Waals surface area contributed by atoms with Crippen molar-refractivity contribution in [1.29, 1.82) is 0 Å². The standard InChI is InChI=1S/C40H58O3/c1-29(17-13-19-31(3)21-23-36-33(5)25-34(41)26-38(36,6)7)15-11-12-16-30(2)18-14-20-32(4)22-24-37(43)40(10)28-35(42)27-39(40,8)9/h11-24,34-35,37,41-43H,25-28H2,1-10H3/b12-11+,17-13+,18-14+,23-21+,24-22+,29-15+,30-16+,31-19+,32-20+. The number of hydrogen-bond acceptors (Lipinski definition) is 3. The SMILES string of the molecule is CC1=C(/C=C/C(C)=C/C=C/C(C)=C/C=C/C=C(C)/C=C/C=C(C)/C=C/C(O)C2(C)CC(O)CC2(C)C)C(C)(C)CC(O)C1. The third-order valence-electron chi connectivity index (χ3n) is 9.40. The Kier molecular flexibility index (Phi) is 13.4. The van der Waals surface area contributed by atoms with Crippen molar-refractivity contribution >= 4 is 0 Å². The van der Waals surface area contributed by atoms with Gasteiger partial charge >= 0.3 is 0 Å². The van der Waals surface area contributed by atoms with E-state index < -0.39 is 6.10 Å². The highest BCUT2D eigenvalue weighted by Crippen LogP contribution is 2.54. The number of allylic oxidation sites excluding steroid dienone is 18. The van der Waals surface area contributed by atoms with E-state index in [4.69, 9.17) is 0 Å². The van der Waals surface area contributed by atoms with Gasteiger partial charge in [-0.2, -0.15) is 0 Å². The van der Waals surface area contributed by atoms with E-state index in [2.05, 4.69) is 117 Å². The maximum absolute atomic E-state index is 10.9. The van der Waals surface area contributed by atoms with Crippen LogP contribution < -0.4 is 0 Å². The first-order valence-corrected chi connectivity index (χ1v) is 15.8. The van der Waals surface area contributed by atoms with E-state index in [0.29, 0.717) is 6.42 Å². The van der Waals surface area contributed by atoms with Crippen LogP contribution in [0.25, 0.3) is 0 Å². The van der Waals surface area contributed by atoms with Gasteiger partial charge in [0.1, 0.15) is 0 Å². The van der Waals surface area contributed by atoms with Crippen LogP contribution >= 0.6 is 0 Å². The lowest BCUT2D eigenvalue weighted by Crippen LogP contribution is -2.39. The molecule has 0 aromatic heterocycles. The molecule has 3 N–H and O–H groups in total. The highest BCUT2D eigenvalue weighted by atomic mass is 16.3. The van der Waals surface area contributed by atoms with Crippen LogP contribution in [0.5, 0.6) is 0 Å². The topological polar surface area (TPSA) is 60.7 Å². The van der Waals surface area contributed by atoms with Crippen molar-refractivity contribution in [2.75, 3.05) is 0 Å². The van der Waals surface area contributed by atoms with E-state index in [9.17, 15) is 15.3 Å². The van der Waals surface area contributed by atoms with Crippen molar-refractivity contribution in [2.24, 2.45) is 16.2 Å². The van der Waals surface area contributed by atoms with Crippen molar-refractivity contribution < 1.29 is 15.3 Å². The monoisotopic (exact) mass is 586 g/mol. The number of hydrogen-bond donors (Lipinski definition) is 3. The van der Waals surface area contributed by atoms with Gasteiger partial charge in [-0.1, -0.05) is 148 Å². The van der Waals surface area contributed by atoms with Gasteiger partial charge in [0.15, 0.2) is 0 Å². The highest BCUT2D eigenvalue weighted by molar-refractivity contribution is 5.38. The first-order chi connectivity index (χ1) is 20.0. The summed E-state index contributed by atoms with van der Waals surface area (Å²) in [4.78, 5) is 0. The van der Waals surface area contributed by atoms with Crippen LogP contribution in [0.3, 0.4) is 0 Å². The molecule has 0 amide bonds. The molecule has 3 nitrogen and oxygen atoms in total. The lowest BCUT2D eigenvalue weighted by molar-refractivity contribution is -0.000365. The van der Waals surface area contributed by atoms with Gasteiger partial charge in [0, 0.05) is 5.41 Å². The van der Waals surface area contributed by atoms with Crippen molar-refractivity contribution in [2.45, 2.75) is 113 Å². The normalized spacial score (nSPS) is 28.6. The van der Waals surface area contributed by atoms with E-state index in [0.717, 1.165) is 30.4 Å². The summed E-state index contributed by atoms with van der Waals surface area (Å²) in [6.07, 6.45) is 30.7. The summed E-state index contributed by atoms with van der Waals surface area (Å²) in [5, 5.41) is 31.1. The Labute approximate surface area is 262 Å². The molecule has 2 aliphatic rings. The van der Waals surface area contributed by atoms with Gasteiger partial charge in [0.25, 0.3) is 0 Å². The van der Waals surface area contributed by atoms with E-state index in [1.54, 1.807) is 0 Å². The van der Waals surface area contributed by atoms with E-state index in [1.165, 1.54) is 22.3 Å². The average molecular weight is 587 g/mol. The first kappa shape index (κ1) is 36.5. The molecule has 0 spiro atoms. The van der Waals surface area contributed by atoms with Crippen LogP contribution in [0.2, 0.25) is 0 Å². The first-order valence-electron chi connectivity index (χ1n) is 15.8. The van der Waals surface area contributed by atoms with E-state index in [-0.39, 0.29) is 28.5 Å². The summed E-state index contributed by atoms with van der Waals surface area (Å²) in [5.41, 5.74) is 6.74. The largest absolute Gasteiger partial charge is 0.393 e. The Morgan fingerprint density at radius 1 is 0.674 bits per heavy atom. The van der Waals surface area contributed by atoms with Crippen LogP contribution in [-0.4, -0.2) is 33.6 Å². The van der Waals surface area contributed by atoms with E-state index in [1.807, 2.05) is 37.3 Å². The minimum Gasteiger partial charge on any atom is -0.393 e. The summed E-state index contributed by atoms with van der Waals surface area (Å²) >= 11 is 0. The van der Waals surface area contributed by atoms with Gasteiger partial charge in [-0.3, -0.25) is 0 Å². The van der Waals surface area contributed by atoms with Gasteiger partial charge in [-0.25, -0.2) is 0 Å². The fourth-order valence-electron chi connectivity index (χ4n) is 6.37. The smallest absolute Gasteiger partial charge is 0.0783 e. The Morgan fingerprint density at radius 2 is 1.16 bits per heavy atom. The van der Waals surface area contributed by atoms with Crippen molar-refractivity contribution in [3.63, 3.8) is 0 Å². The maximum Gasteiger partial charge on any atom is 0.0783 e. The van der Waals surface area contributed by atoms with Crippen LogP contribution in [0.1, 0.15) is 94.9 Å². The molecule has 0 aliphatic heterocycles. The Hall–Kier alpha value is -2.72. The zero-order chi connectivity index (χ0) is 32.4. The lowest BCUT2D eigenvalue weighted by Gasteiger charge is -2.40. The number of aliphatic hydroxyl groups is 3. The van der Waals surface area contributed by atoms with Crippen LogP contribution in [-0.2, 0) is 0 Å². The molecule has 1 fully saturated rings. The molecule has 0 saturated heterocycles. The Morgan fingerprint density at radius 3 is 1.65 bits per heavy atom. The minimum absolute atomic E-state index is 0.00246. The van der Waals surface area contributed by atoms with E-state index >= 15 is 0 Å². The Balaban J connectivity index is 1.88. The second-order valence-corrected chi connectivity index (χ2v) is 14.4.